The third-order valence-corrected chi connectivity index (χ3v) is 5.61. The van der Waals surface area contributed by atoms with Crippen molar-refractivity contribution in [1.82, 2.24) is 25.4 Å². The molecule has 1 aromatic rings. The van der Waals surface area contributed by atoms with E-state index in [9.17, 15) is 9.59 Å². The van der Waals surface area contributed by atoms with Crippen LogP contribution in [0.15, 0.2) is 24.5 Å². The minimum atomic E-state index is -0.436. The van der Waals surface area contributed by atoms with Crippen molar-refractivity contribution in [2.45, 2.75) is 51.2 Å². The van der Waals surface area contributed by atoms with Gasteiger partial charge in [0, 0.05) is 44.1 Å². The van der Waals surface area contributed by atoms with E-state index < -0.39 is 6.04 Å². The predicted octanol–water partition coefficient (Wildman–Crippen LogP) is 0.763. The van der Waals surface area contributed by atoms with Crippen molar-refractivity contribution >= 4 is 11.8 Å². The third-order valence-electron chi connectivity index (χ3n) is 5.61. The lowest BCUT2D eigenvalue weighted by Gasteiger charge is -2.37. The summed E-state index contributed by atoms with van der Waals surface area (Å²) in [7, 11) is 0. The molecule has 148 valence electrons. The number of carbonyl (C=O) groups excluding carboxylic acids is 2. The van der Waals surface area contributed by atoms with Crippen molar-refractivity contribution in [2.24, 2.45) is 0 Å². The zero-order valence-electron chi connectivity index (χ0n) is 16.4. The number of piperazine rings is 1. The standard InChI is InChI=1S/C20H31N5O2/c1-20(2,25-9-3-4-10-25)15-23-18(26)12-17-19(27)22-8-11-24(17)14-16-6-5-7-21-13-16/h5-7,13,17H,3-4,8-12,14-15H2,1-2H3,(H,22,27)(H,23,26)/t17-/m0/s1. The Morgan fingerprint density at radius 2 is 2.11 bits per heavy atom. The van der Waals surface area contributed by atoms with E-state index in [0.29, 0.717) is 19.6 Å². The number of nitrogens with one attached hydrogen (secondary N) is 2. The first-order chi connectivity index (χ1) is 13.0. The van der Waals surface area contributed by atoms with E-state index in [1.165, 1.54) is 12.8 Å². The summed E-state index contributed by atoms with van der Waals surface area (Å²) in [6.45, 7) is 9.08. The fraction of sp³-hybridized carbons (Fsp3) is 0.650. The SMILES string of the molecule is CC(C)(CNC(=O)C[C@H]1C(=O)NCCN1Cc1cccnc1)N1CCCC1. The number of hydrogen-bond acceptors (Lipinski definition) is 5. The highest BCUT2D eigenvalue weighted by atomic mass is 16.2. The van der Waals surface area contributed by atoms with E-state index in [0.717, 1.165) is 25.2 Å². The van der Waals surface area contributed by atoms with Crippen LogP contribution < -0.4 is 10.6 Å². The molecule has 2 N–H and O–H groups in total. The lowest BCUT2D eigenvalue weighted by molar-refractivity contribution is -0.134. The smallest absolute Gasteiger partial charge is 0.237 e. The minimum absolute atomic E-state index is 0.0591. The molecule has 0 saturated carbocycles. The molecule has 0 aliphatic carbocycles. The Morgan fingerprint density at radius 3 is 2.81 bits per heavy atom. The van der Waals surface area contributed by atoms with Gasteiger partial charge in [-0.1, -0.05) is 6.07 Å². The third kappa shape index (κ3) is 5.26. The summed E-state index contributed by atoms with van der Waals surface area (Å²) in [5.74, 6) is -0.139. The maximum atomic E-state index is 12.6. The largest absolute Gasteiger partial charge is 0.354 e. The van der Waals surface area contributed by atoms with Crippen LogP contribution in [0.3, 0.4) is 0 Å². The molecule has 7 heteroatoms. The van der Waals surface area contributed by atoms with E-state index in [1.54, 1.807) is 6.20 Å². The number of nitrogens with zero attached hydrogens (tertiary/aromatic N) is 3. The molecular formula is C20H31N5O2. The molecule has 0 aromatic carbocycles. The molecular weight excluding hydrogens is 342 g/mol. The zero-order chi connectivity index (χ0) is 19.3. The number of likely N-dealkylation sites (tertiary alicyclic amines) is 1. The molecule has 3 rings (SSSR count). The van der Waals surface area contributed by atoms with Gasteiger partial charge in [0.05, 0.1) is 12.5 Å². The van der Waals surface area contributed by atoms with Gasteiger partial charge in [-0.3, -0.25) is 24.4 Å². The summed E-state index contributed by atoms with van der Waals surface area (Å²) in [6.07, 6.45) is 6.18. The minimum Gasteiger partial charge on any atom is -0.354 e. The highest BCUT2D eigenvalue weighted by Gasteiger charge is 2.33. The highest BCUT2D eigenvalue weighted by molar-refractivity contribution is 5.88. The van der Waals surface area contributed by atoms with Crippen molar-refractivity contribution < 1.29 is 9.59 Å². The molecule has 27 heavy (non-hydrogen) atoms. The second-order valence-electron chi connectivity index (χ2n) is 8.13. The summed E-state index contributed by atoms with van der Waals surface area (Å²) in [6, 6.07) is 3.45. The Bertz CT molecular complexity index is 643. The zero-order valence-corrected chi connectivity index (χ0v) is 16.4. The van der Waals surface area contributed by atoms with Gasteiger partial charge in [0.1, 0.15) is 0 Å². The molecule has 2 aliphatic rings. The van der Waals surface area contributed by atoms with Crippen LogP contribution in [0.5, 0.6) is 0 Å². The highest BCUT2D eigenvalue weighted by Crippen LogP contribution is 2.20. The second kappa shape index (κ2) is 8.80. The van der Waals surface area contributed by atoms with Crippen molar-refractivity contribution in [2.75, 3.05) is 32.7 Å². The van der Waals surface area contributed by atoms with Gasteiger partial charge in [0.15, 0.2) is 0 Å². The number of aromatic nitrogens is 1. The number of hydrogen-bond donors (Lipinski definition) is 2. The summed E-state index contributed by atoms with van der Waals surface area (Å²) in [5, 5.41) is 5.94. The predicted molar refractivity (Wildman–Crippen MR) is 104 cm³/mol. The Balaban J connectivity index is 1.55. The number of pyridine rings is 1. The van der Waals surface area contributed by atoms with Crippen molar-refractivity contribution in [1.29, 1.82) is 0 Å². The van der Waals surface area contributed by atoms with Gasteiger partial charge in [0.25, 0.3) is 0 Å². The monoisotopic (exact) mass is 373 g/mol. The van der Waals surface area contributed by atoms with Gasteiger partial charge in [-0.05, 0) is 51.4 Å². The maximum Gasteiger partial charge on any atom is 0.237 e. The molecule has 7 nitrogen and oxygen atoms in total. The summed E-state index contributed by atoms with van der Waals surface area (Å²) in [4.78, 5) is 33.6. The Kier molecular flexibility index (Phi) is 6.44. The average Bonchev–Trinajstić information content (AvgIpc) is 3.20. The van der Waals surface area contributed by atoms with Crippen molar-refractivity contribution in [3.63, 3.8) is 0 Å². The molecule has 0 spiro atoms. The normalized spacial score (nSPS) is 21.9. The van der Waals surface area contributed by atoms with Crippen LogP contribution in [0.2, 0.25) is 0 Å². The molecule has 3 heterocycles. The molecule has 1 atom stereocenters. The van der Waals surface area contributed by atoms with E-state index in [1.807, 2.05) is 18.3 Å². The van der Waals surface area contributed by atoms with Crippen LogP contribution in [-0.2, 0) is 16.1 Å². The fourth-order valence-corrected chi connectivity index (χ4v) is 3.90. The Morgan fingerprint density at radius 1 is 1.33 bits per heavy atom. The second-order valence-corrected chi connectivity index (χ2v) is 8.13. The first-order valence-electron chi connectivity index (χ1n) is 9.88. The van der Waals surface area contributed by atoms with Gasteiger partial charge >= 0.3 is 0 Å². The van der Waals surface area contributed by atoms with E-state index >= 15 is 0 Å². The topological polar surface area (TPSA) is 77.6 Å². The molecule has 1 aromatic heterocycles. The summed E-state index contributed by atoms with van der Waals surface area (Å²) < 4.78 is 0. The molecule has 2 fully saturated rings. The van der Waals surface area contributed by atoms with Crippen LogP contribution in [0.25, 0.3) is 0 Å². The van der Waals surface area contributed by atoms with E-state index in [2.05, 4.69) is 39.3 Å². The van der Waals surface area contributed by atoms with Crippen molar-refractivity contribution in [3.8, 4) is 0 Å². The maximum absolute atomic E-state index is 12.6. The number of amides is 2. The number of rotatable bonds is 7. The average molecular weight is 374 g/mol. The first-order valence-corrected chi connectivity index (χ1v) is 9.88. The van der Waals surface area contributed by atoms with Gasteiger partial charge in [-0.2, -0.15) is 0 Å². The van der Waals surface area contributed by atoms with Gasteiger partial charge in [-0.15, -0.1) is 0 Å². The molecule has 0 unspecified atom stereocenters. The summed E-state index contributed by atoms with van der Waals surface area (Å²) >= 11 is 0. The van der Waals surface area contributed by atoms with Crippen LogP contribution in [0.1, 0.15) is 38.7 Å². The summed E-state index contributed by atoms with van der Waals surface area (Å²) in [5.41, 5.74) is 0.990. The van der Waals surface area contributed by atoms with Crippen LogP contribution in [-0.4, -0.2) is 70.9 Å². The van der Waals surface area contributed by atoms with Gasteiger partial charge in [0.2, 0.25) is 11.8 Å². The lowest BCUT2D eigenvalue weighted by atomic mass is 10.0. The van der Waals surface area contributed by atoms with Gasteiger partial charge < -0.3 is 10.6 Å². The lowest BCUT2D eigenvalue weighted by Crippen LogP contribution is -2.57. The number of carbonyl (C=O) groups is 2. The van der Waals surface area contributed by atoms with Crippen LogP contribution >= 0.6 is 0 Å². The molecule has 0 bridgehead atoms. The molecule has 0 radical (unpaired) electrons. The van der Waals surface area contributed by atoms with Crippen LogP contribution in [0.4, 0.5) is 0 Å². The molecule has 2 saturated heterocycles. The fourth-order valence-electron chi connectivity index (χ4n) is 3.90. The van der Waals surface area contributed by atoms with Crippen molar-refractivity contribution in [3.05, 3.63) is 30.1 Å². The van der Waals surface area contributed by atoms with Crippen LogP contribution in [0, 0.1) is 0 Å². The Hall–Kier alpha value is -1.99. The quantitative estimate of drug-likeness (QED) is 0.738. The van der Waals surface area contributed by atoms with Gasteiger partial charge in [-0.25, -0.2) is 0 Å². The Labute approximate surface area is 161 Å². The van der Waals surface area contributed by atoms with E-state index in [4.69, 9.17) is 0 Å². The molecule has 2 aliphatic heterocycles. The first kappa shape index (κ1) is 19.8. The van der Waals surface area contributed by atoms with E-state index in [-0.39, 0.29) is 23.8 Å². The molecule has 2 amide bonds.